The predicted molar refractivity (Wildman–Crippen MR) is 68.0 cm³/mol. The topological polar surface area (TPSA) is 37.9 Å². The first kappa shape index (κ1) is 10.8. The van der Waals surface area contributed by atoms with Gasteiger partial charge in [-0.25, -0.2) is 9.37 Å². The highest BCUT2D eigenvalue weighted by Crippen LogP contribution is 2.23. The van der Waals surface area contributed by atoms with Crippen molar-refractivity contribution in [1.29, 1.82) is 0 Å². The Hall–Kier alpha value is -2.36. The molecule has 0 spiro atoms. The van der Waals surface area contributed by atoms with Crippen LogP contribution in [0.15, 0.2) is 42.5 Å². The van der Waals surface area contributed by atoms with Crippen LogP contribution in [0.25, 0.3) is 22.4 Å². The van der Waals surface area contributed by atoms with Crippen molar-refractivity contribution < 1.29 is 9.13 Å². The van der Waals surface area contributed by atoms with Gasteiger partial charge in [-0.1, -0.05) is 6.07 Å². The van der Waals surface area contributed by atoms with Crippen LogP contribution in [0, 0.1) is 5.82 Å². The first-order chi connectivity index (χ1) is 8.78. The van der Waals surface area contributed by atoms with Gasteiger partial charge in [-0.15, -0.1) is 0 Å². The standard InChI is InChI=1S/C14H11FN2O/c1-18-10-7-5-9(6-8-10)14-16-12-4-2-3-11(15)13(12)17-14/h2-8H,1H3,(H,16,17). The van der Waals surface area contributed by atoms with E-state index in [2.05, 4.69) is 9.97 Å². The molecule has 0 amide bonds. The molecular weight excluding hydrogens is 231 g/mol. The van der Waals surface area contributed by atoms with Crippen LogP contribution >= 0.6 is 0 Å². The smallest absolute Gasteiger partial charge is 0.151 e. The van der Waals surface area contributed by atoms with Gasteiger partial charge in [0.05, 0.1) is 12.6 Å². The second kappa shape index (κ2) is 4.14. The molecule has 0 aliphatic rings. The van der Waals surface area contributed by atoms with Crippen molar-refractivity contribution in [2.24, 2.45) is 0 Å². The van der Waals surface area contributed by atoms with Crippen LogP contribution in [0.2, 0.25) is 0 Å². The maximum absolute atomic E-state index is 13.5. The van der Waals surface area contributed by atoms with Crippen LogP contribution in [-0.4, -0.2) is 17.1 Å². The van der Waals surface area contributed by atoms with Gasteiger partial charge >= 0.3 is 0 Å². The van der Waals surface area contributed by atoms with Crippen LogP contribution < -0.4 is 4.74 Å². The summed E-state index contributed by atoms with van der Waals surface area (Å²) in [7, 11) is 1.62. The Kier molecular flexibility index (Phi) is 2.48. The van der Waals surface area contributed by atoms with Crippen molar-refractivity contribution in [2.75, 3.05) is 7.11 Å². The number of halogens is 1. The number of nitrogens with one attached hydrogen (secondary N) is 1. The molecule has 1 heterocycles. The molecule has 0 radical (unpaired) electrons. The lowest BCUT2D eigenvalue weighted by atomic mass is 10.2. The normalized spacial score (nSPS) is 10.8. The number of aromatic amines is 1. The number of aromatic nitrogens is 2. The zero-order valence-corrected chi connectivity index (χ0v) is 9.77. The van der Waals surface area contributed by atoms with E-state index in [4.69, 9.17) is 4.74 Å². The molecule has 3 aromatic rings. The highest BCUT2D eigenvalue weighted by atomic mass is 19.1. The minimum atomic E-state index is -0.316. The first-order valence-corrected chi connectivity index (χ1v) is 5.56. The summed E-state index contributed by atoms with van der Waals surface area (Å²) in [6.45, 7) is 0. The van der Waals surface area contributed by atoms with Crippen molar-refractivity contribution in [2.45, 2.75) is 0 Å². The molecule has 0 unspecified atom stereocenters. The molecule has 0 aliphatic heterocycles. The monoisotopic (exact) mass is 242 g/mol. The number of para-hydroxylation sites is 1. The number of fused-ring (bicyclic) bond motifs is 1. The van der Waals surface area contributed by atoms with Crippen LogP contribution in [0.4, 0.5) is 4.39 Å². The maximum atomic E-state index is 13.5. The number of H-pyrrole nitrogens is 1. The second-order valence-electron chi connectivity index (χ2n) is 3.95. The summed E-state index contributed by atoms with van der Waals surface area (Å²) in [5, 5.41) is 0. The lowest BCUT2D eigenvalue weighted by Crippen LogP contribution is -1.83. The van der Waals surface area contributed by atoms with E-state index in [-0.39, 0.29) is 5.82 Å². The van der Waals surface area contributed by atoms with Gasteiger partial charge < -0.3 is 9.72 Å². The molecule has 0 fully saturated rings. The first-order valence-electron chi connectivity index (χ1n) is 5.56. The van der Waals surface area contributed by atoms with E-state index in [9.17, 15) is 4.39 Å². The number of nitrogens with zero attached hydrogens (tertiary/aromatic N) is 1. The Morgan fingerprint density at radius 1 is 1.11 bits per heavy atom. The third kappa shape index (κ3) is 1.72. The van der Waals surface area contributed by atoms with E-state index in [0.717, 1.165) is 11.3 Å². The van der Waals surface area contributed by atoms with Crippen LogP contribution in [0.5, 0.6) is 5.75 Å². The molecule has 4 heteroatoms. The van der Waals surface area contributed by atoms with E-state index in [0.29, 0.717) is 16.9 Å². The highest BCUT2D eigenvalue weighted by molar-refractivity contribution is 5.79. The molecule has 90 valence electrons. The van der Waals surface area contributed by atoms with Crippen molar-refractivity contribution in [3.8, 4) is 17.1 Å². The predicted octanol–water partition coefficient (Wildman–Crippen LogP) is 3.38. The molecule has 0 saturated carbocycles. The summed E-state index contributed by atoms with van der Waals surface area (Å²) in [6.07, 6.45) is 0. The zero-order valence-electron chi connectivity index (χ0n) is 9.77. The van der Waals surface area contributed by atoms with Crippen LogP contribution in [0.3, 0.4) is 0 Å². The van der Waals surface area contributed by atoms with Gasteiger partial charge in [-0.3, -0.25) is 0 Å². The fourth-order valence-corrected chi connectivity index (χ4v) is 1.88. The summed E-state index contributed by atoms with van der Waals surface area (Å²) in [5.41, 5.74) is 1.95. The van der Waals surface area contributed by atoms with E-state index in [1.807, 2.05) is 24.3 Å². The van der Waals surface area contributed by atoms with Crippen molar-refractivity contribution >= 4 is 11.0 Å². The Bertz CT molecular complexity index is 689. The zero-order chi connectivity index (χ0) is 12.5. The minimum absolute atomic E-state index is 0.316. The molecular formula is C14H11FN2O. The summed E-state index contributed by atoms with van der Waals surface area (Å²) >= 11 is 0. The largest absolute Gasteiger partial charge is 0.497 e. The quantitative estimate of drug-likeness (QED) is 0.748. The number of methoxy groups -OCH3 is 1. The van der Waals surface area contributed by atoms with Crippen molar-refractivity contribution in [1.82, 2.24) is 9.97 Å². The van der Waals surface area contributed by atoms with Crippen LogP contribution in [0.1, 0.15) is 0 Å². The van der Waals surface area contributed by atoms with Gasteiger partial charge in [0.1, 0.15) is 17.1 Å². The third-order valence-corrected chi connectivity index (χ3v) is 2.83. The lowest BCUT2D eigenvalue weighted by Gasteiger charge is -2.00. The Morgan fingerprint density at radius 2 is 1.89 bits per heavy atom. The van der Waals surface area contributed by atoms with Gasteiger partial charge in [-0.2, -0.15) is 0 Å². The number of hydrogen-bond donors (Lipinski definition) is 1. The summed E-state index contributed by atoms with van der Waals surface area (Å²) in [4.78, 5) is 7.36. The maximum Gasteiger partial charge on any atom is 0.151 e. The number of hydrogen-bond acceptors (Lipinski definition) is 2. The number of imidazole rings is 1. The molecule has 1 N–H and O–H groups in total. The average Bonchev–Trinajstić information content (AvgIpc) is 2.84. The van der Waals surface area contributed by atoms with Crippen molar-refractivity contribution in [3.63, 3.8) is 0 Å². The fraction of sp³-hybridized carbons (Fsp3) is 0.0714. The molecule has 0 saturated heterocycles. The van der Waals surface area contributed by atoms with E-state index in [1.54, 1.807) is 19.2 Å². The van der Waals surface area contributed by atoms with Crippen molar-refractivity contribution in [3.05, 3.63) is 48.3 Å². The number of ether oxygens (including phenoxy) is 1. The van der Waals surface area contributed by atoms with Gasteiger partial charge in [0.2, 0.25) is 0 Å². The van der Waals surface area contributed by atoms with Gasteiger partial charge in [-0.05, 0) is 36.4 Å². The Morgan fingerprint density at radius 3 is 2.56 bits per heavy atom. The minimum Gasteiger partial charge on any atom is -0.497 e. The van der Waals surface area contributed by atoms with Gasteiger partial charge in [0.15, 0.2) is 5.82 Å². The van der Waals surface area contributed by atoms with E-state index in [1.165, 1.54) is 6.07 Å². The molecule has 3 nitrogen and oxygen atoms in total. The highest BCUT2D eigenvalue weighted by Gasteiger charge is 2.08. The number of rotatable bonds is 2. The van der Waals surface area contributed by atoms with Gasteiger partial charge in [0, 0.05) is 5.56 Å². The molecule has 0 atom stereocenters. The van der Waals surface area contributed by atoms with Crippen LogP contribution in [-0.2, 0) is 0 Å². The van der Waals surface area contributed by atoms with Gasteiger partial charge in [0.25, 0.3) is 0 Å². The van der Waals surface area contributed by atoms with E-state index >= 15 is 0 Å². The molecule has 0 aliphatic carbocycles. The molecule has 1 aromatic heterocycles. The lowest BCUT2D eigenvalue weighted by molar-refractivity contribution is 0.415. The number of benzene rings is 2. The molecule has 3 rings (SSSR count). The molecule has 2 aromatic carbocycles. The fourth-order valence-electron chi connectivity index (χ4n) is 1.88. The average molecular weight is 242 g/mol. The Balaban J connectivity index is 2.10. The van der Waals surface area contributed by atoms with E-state index < -0.39 is 0 Å². The Labute approximate surface area is 103 Å². The third-order valence-electron chi connectivity index (χ3n) is 2.83. The molecule has 18 heavy (non-hydrogen) atoms. The summed E-state index contributed by atoms with van der Waals surface area (Å²) in [5.74, 6) is 1.11. The second-order valence-corrected chi connectivity index (χ2v) is 3.95. The summed E-state index contributed by atoms with van der Waals surface area (Å²) < 4.78 is 18.6. The summed E-state index contributed by atoms with van der Waals surface area (Å²) in [6, 6.07) is 12.3. The SMILES string of the molecule is COc1ccc(-c2nc3c(F)cccc3[nH]2)cc1. The molecule has 0 bridgehead atoms.